The Labute approximate surface area is 120 Å². The van der Waals surface area contributed by atoms with Crippen LogP contribution in [0.4, 0.5) is 0 Å². The van der Waals surface area contributed by atoms with E-state index in [0.29, 0.717) is 6.04 Å². The molecule has 0 radical (unpaired) electrons. The molecule has 2 amide bonds. The first-order valence-corrected chi connectivity index (χ1v) is 7.06. The quantitative estimate of drug-likeness (QED) is 0.714. The van der Waals surface area contributed by atoms with E-state index in [1.54, 1.807) is 0 Å². The molecule has 1 atom stereocenters. The van der Waals surface area contributed by atoms with Crippen LogP contribution in [0.5, 0.6) is 0 Å². The molecule has 2 aliphatic rings. The molecule has 1 aliphatic carbocycles. The molecule has 6 heteroatoms. The Bertz CT molecular complexity index is 300. The third kappa shape index (κ3) is 5.37. The lowest BCUT2D eigenvalue weighted by Gasteiger charge is -2.23. The maximum absolute atomic E-state index is 11.7. The Hall–Kier alpha value is -0.810. The zero-order valence-corrected chi connectivity index (χ0v) is 12.1. The molecule has 1 heterocycles. The number of halogens is 1. The molecule has 0 spiro atoms. The zero-order chi connectivity index (χ0) is 12.8. The summed E-state index contributed by atoms with van der Waals surface area (Å²) in [6.45, 7) is 1.000. The van der Waals surface area contributed by atoms with Crippen LogP contribution in [0.2, 0.25) is 0 Å². The highest BCUT2D eigenvalue weighted by atomic mass is 35.5. The second-order valence-electron chi connectivity index (χ2n) is 5.27. The molecular formula is C13H24ClN3O2. The number of carbonyl (C=O) groups excluding carboxylic acids is 2. The van der Waals surface area contributed by atoms with E-state index in [4.69, 9.17) is 0 Å². The number of nitrogens with one attached hydrogen (secondary N) is 3. The van der Waals surface area contributed by atoms with Gasteiger partial charge in [-0.2, -0.15) is 0 Å². The topological polar surface area (TPSA) is 70.2 Å². The minimum Gasteiger partial charge on any atom is -0.352 e. The number of carbonyl (C=O) groups is 2. The predicted molar refractivity (Wildman–Crippen MR) is 76.3 cm³/mol. The fraction of sp³-hybridized carbons (Fsp3) is 0.846. The number of rotatable bonds is 4. The second-order valence-corrected chi connectivity index (χ2v) is 5.27. The van der Waals surface area contributed by atoms with Gasteiger partial charge in [-0.25, -0.2) is 0 Å². The maximum atomic E-state index is 11.7. The second kappa shape index (κ2) is 8.38. The van der Waals surface area contributed by atoms with Gasteiger partial charge in [0, 0.05) is 6.04 Å². The lowest BCUT2D eigenvalue weighted by atomic mass is 9.95. The van der Waals surface area contributed by atoms with E-state index >= 15 is 0 Å². The molecule has 19 heavy (non-hydrogen) atoms. The average molecular weight is 290 g/mol. The summed E-state index contributed by atoms with van der Waals surface area (Å²) in [5.41, 5.74) is 0. The minimum absolute atomic E-state index is 0. The van der Waals surface area contributed by atoms with Gasteiger partial charge in [0.1, 0.15) is 0 Å². The molecule has 110 valence electrons. The van der Waals surface area contributed by atoms with Gasteiger partial charge >= 0.3 is 0 Å². The van der Waals surface area contributed by atoms with Crippen LogP contribution in [0, 0.1) is 0 Å². The van der Waals surface area contributed by atoms with Crippen molar-refractivity contribution in [1.29, 1.82) is 0 Å². The van der Waals surface area contributed by atoms with E-state index in [9.17, 15) is 9.59 Å². The summed E-state index contributed by atoms with van der Waals surface area (Å²) in [7, 11) is 0. The first-order valence-electron chi connectivity index (χ1n) is 7.06. The Morgan fingerprint density at radius 3 is 2.42 bits per heavy atom. The maximum Gasteiger partial charge on any atom is 0.239 e. The van der Waals surface area contributed by atoms with Crippen molar-refractivity contribution in [3.8, 4) is 0 Å². The molecule has 1 saturated carbocycles. The highest BCUT2D eigenvalue weighted by Gasteiger charge is 2.22. The van der Waals surface area contributed by atoms with Crippen molar-refractivity contribution in [3.63, 3.8) is 0 Å². The smallest absolute Gasteiger partial charge is 0.239 e. The van der Waals surface area contributed by atoms with Crippen LogP contribution in [0.15, 0.2) is 0 Å². The van der Waals surface area contributed by atoms with Crippen molar-refractivity contribution in [2.45, 2.75) is 57.0 Å². The molecule has 5 nitrogen and oxygen atoms in total. The van der Waals surface area contributed by atoms with Gasteiger partial charge < -0.3 is 16.0 Å². The molecule has 0 aromatic rings. The largest absolute Gasteiger partial charge is 0.352 e. The number of amides is 2. The van der Waals surface area contributed by atoms with Gasteiger partial charge in [0.05, 0.1) is 12.6 Å². The van der Waals surface area contributed by atoms with Gasteiger partial charge in [-0.1, -0.05) is 19.3 Å². The summed E-state index contributed by atoms with van der Waals surface area (Å²) >= 11 is 0. The highest BCUT2D eigenvalue weighted by Crippen LogP contribution is 2.17. The standard InChI is InChI=1S/C13H23N3O2.ClH/c17-12(16-10-5-2-1-3-6-10)9-15-13(18)11-7-4-8-14-11;/h10-11,14H,1-9H2,(H,15,18)(H,16,17);1H. The lowest BCUT2D eigenvalue weighted by Crippen LogP contribution is -2.46. The van der Waals surface area contributed by atoms with Gasteiger partial charge in [0.25, 0.3) is 0 Å². The van der Waals surface area contributed by atoms with Crippen molar-refractivity contribution in [3.05, 3.63) is 0 Å². The van der Waals surface area contributed by atoms with E-state index in [0.717, 1.165) is 32.2 Å². The van der Waals surface area contributed by atoms with E-state index in [2.05, 4.69) is 16.0 Å². The summed E-state index contributed by atoms with van der Waals surface area (Å²) in [5, 5.41) is 8.81. The minimum atomic E-state index is -0.104. The normalized spacial score (nSPS) is 23.5. The first-order chi connectivity index (χ1) is 8.75. The van der Waals surface area contributed by atoms with Gasteiger partial charge in [-0.05, 0) is 32.2 Å². The summed E-state index contributed by atoms with van der Waals surface area (Å²) in [5.74, 6) is -0.112. The van der Waals surface area contributed by atoms with Gasteiger partial charge in [0.2, 0.25) is 11.8 Å². The molecule has 0 aromatic carbocycles. The Morgan fingerprint density at radius 2 is 1.79 bits per heavy atom. The molecular weight excluding hydrogens is 266 g/mol. The SMILES string of the molecule is Cl.O=C(CNC(=O)C1CCCN1)NC1CCCCC1. The number of hydrogen-bond acceptors (Lipinski definition) is 3. The van der Waals surface area contributed by atoms with E-state index in [-0.39, 0.29) is 36.8 Å². The van der Waals surface area contributed by atoms with Crippen LogP contribution in [0.3, 0.4) is 0 Å². The summed E-state index contributed by atoms with van der Waals surface area (Å²) in [6, 6.07) is 0.209. The molecule has 2 rings (SSSR count). The van der Waals surface area contributed by atoms with Crippen LogP contribution < -0.4 is 16.0 Å². The fourth-order valence-corrected chi connectivity index (χ4v) is 2.72. The van der Waals surface area contributed by atoms with E-state index in [1.165, 1.54) is 19.3 Å². The van der Waals surface area contributed by atoms with Crippen LogP contribution in [0.1, 0.15) is 44.9 Å². The van der Waals surface area contributed by atoms with Gasteiger partial charge in [-0.3, -0.25) is 9.59 Å². The Morgan fingerprint density at radius 1 is 1.05 bits per heavy atom. The van der Waals surface area contributed by atoms with E-state index in [1.807, 2.05) is 0 Å². The molecule has 1 aliphatic heterocycles. The van der Waals surface area contributed by atoms with Crippen molar-refractivity contribution in [1.82, 2.24) is 16.0 Å². The highest BCUT2D eigenvalue weighted by molar-refractivity contribution is 5.87. The zero-order valence-electron chi connectivity index (χ0n) is 11.2. The summed E-state index contributed by atoms with van der Waals surface area (Å²) in [6.07, 6.45) is 7.72. The third-order valence-electron chi connectivity index (χ3n) is 3.77. The summed E-state index contributed by atoms with van der Waals surface area (Å²) in [4.78, 5) is 23.4. The average Bonchev–Trinajstić information content (AvgIpc) is 2.91. The van der Waals surface area contributed by atoms with Crippen LogP contribution in [-0.4, -0.2) is 37.0 Å². The van der Waals surface area contributed by atoms with Crippen LogP contribution >= 0.6 is 12.4 Å². The molecule has 2 fully saturated rings. The number of hydrogen-bond donors (Lipinski definition) is 3. The van der Waals surface area contributed by atoms with Crippen LogP contribution in [-0.2, 0) is 9.59 Å². The van der Waals surface area contributed by atoms with Crippen molar-refractivity contribution < 1.29 is 9.59 Å². The molecule has 3 N–H and O–H groups in total. The van der Waals surface area contributed by atoms with Gasteiger partial charge in [-0.15, -0.1) is 12.4 Å². The first kappa shape index (κ1) is 16.2. The van der Waals surface area contributed by atoms with Gasteiger partial charge in [0.15, 0.2) is 0 Å². The third-order valence-corrected chi connectivity index (χ3v) is 3.77. The molecule has 1 unspecified atom stereocenters. The fourth-order valence-electron chi connectivity index (χ4n) is 2.72. The predicted octanol–water partition coefficient (Wildman–Crippen LogP) is 0.725. The molecule has 0 bridgehead atoms. The molecule has 0 aromatic heterocycles. The van der Waals surface area contributed by atoms with Crippen molar-refractivity contribution >= 4 is 24.2 Å². The Kier molecular flexibility index (Phi) is 7.16. The monoisotopic (exact) mass is 289 g/mol. The lowest BCUT2D eigenvalue weighted by molar-refractivity contribution is -0.127. The van der Waals surface area contributed by atoms with Crippen LogP contribution in [0.25, 0.3) is 0 Å². The summed E-state index contributed by atoms with van der Waals surface area (Å²) < 4.78 is 0. The molecule has 1 saturated heterocycles. The van der Waals surface area contributed by atoms with Crippen molar-refractivity contribution in [2.75, 3.05) is 13.1 Å². The Balaban J connectivity index is 0.00000180. The van der Waals surface area contributed by atoms with Crippen molar-refractivity contribution in [2.24, 2.45) is 0 Å². The van der Waals surface area contributed by atoms with E-state index < -0.39 is 0 Å².